The Morgan fingerprint density at radius 2 is 2.04 bits per heavy atom. The highest BCUT2D eigenvalue weighted by Gasteiger charge is 2.16. The van der Waals surface area contributed by atoms with Gasteiger partial charge in [-0.1, -0.05) is 19.1 Å². The molecule has 0 saturated heterocycles. The quantitative estimate of drug-likeness (QED) is 0.672. The molecule has 1 heterocycles. The summed E-state index contributed by atoms with van der Waals surface area (Å²) in [5.74, 6) is -0.302. The zero-order valence-corrected chi connectivity index (χ0v) is 15.9. The van der Waals surface area contributed by atoms with Gasteiger partial charge in [0.05, 0.1) is 23.7 Å². The summed E-state index contributed by atoms with van der Waals surface area (Å²) in [6.45, 7) is 5.05. The largest absolute Gasteiger partial charge is 0.465 e. The van der Waals surface area contributed by atoms with Gasteiger partial charge in [-0.15, -0.1) is 0 Å². The van der Waals surface area contributed by atoms with E-state index >= 15 is 0 Å². The van der Waals surface area contributed by atoms with Gasteiger partial charge in [-0.25, -0.2) is 14.2 Å². The number of nitrogens with zero attached hydrogens (tertiary/aromatic N) is 2. The highest BCUT2D eigenvalue weighted by molar-refractivity contribution is 5.89. The number of hydrogen-bond acceptors (Lipinski definition) is 4. The lowest BCUT2D eigenvalue weighted by Gasteiger charge is -2.11. The zero-order chi connectivity index (χ0) is 19.6. The van der Waals surface area contributed by atoms with E-state index in [9.17, 15) is 9.18 Å². The standard InChI is InChI=1S/C21H24FN3O2/c1-4-5-19-24-20-13(2)8-15(11-23)10-18(20)25(19)12-14-6-7-16(17(22)9-14)21(26)27-3/h6-10H,4-5,11-12,23H2,1-3H3. The van der Waals surface area contributed by atoms with Crippen molar-refractivity contribution < 1.29 is 13.9 Å². The molecule has 3 aromatic rings. The minimum Gasteiger partial charge on any atom is -0.465 e. The predicted octanol–water partition coefficient (Wildman–Crippen LogP) is 3.73. The molecule has 0 spiro atoms. The SMILES string of the molecule is CCCc1nc2c(C)cc(CN)cc2n1Cc1ccc(C(=O)OC)c(F)c1. The van der Waals surface area contributed by atoms with Crippen molar-refractivity contribution in [2.45, 2.75) is 39.8 Å². The average molecular weight is 369 g/mol. The minimum atomic E-state index is -0.679. The topological polar surface area (TPSA) is 70.1 Å². The number of halogens is 1. The van der Waals surface area contributed by atoms with E-state index in [0.29, 0.717) is 13.1 Å². The van der Waals surface area contributed by atoms with Crippen LogP contribution in [0.1, 0.15) is 46.2 Å². The molecule has 0 fully saturated rings. The highest BCUT2D eigenvalue weighted by Crippen LogP contribution is 2.24. The van der Waals surface area contributed by atoms with Crippen LogP contribution in [-0.2, 0) is 24.2 Å². The number of imidazole rings is 1. The Labute approximate surface area is 158 Å². The minimum absolute atomic E-state index is 0.0632. The summed E-state index contributed by atoms with van der Waals surface area (Å²) in [6.07, 6.45) is 1.79. The number of methoxy groups -OCH3 is 1. The Morgan fingerprint density at radius 1 is 1.26 bits per heavy atom. The fraction of sp³-hybridized carbons (Fsp3) is 0.333. The molecule has 3 rings (SSSR count). The molecular formula is C21H24FN3O2. The lowest BCUT2D eigenvalue weighted by molar-refractivity contribution is 0.0595. The summed E-state index contributed by atoms with van der Waals surface area (Å²) in [4.78, 5) is 16.4. The fourth-order valence-corrected chi connectivity index (χ4v) is 3.34. The number of ether oxygens (including phenoxy) is 1. The average Bonchev–Trinajstić information content (AvgIpc) is 2.99. The Morgan fingerprint density at radius 3 is 2.67 bits per heavy atom. The molecule has 0 aliphatic carbocycles. The Bertz CT molecular complexity index is 995. The van der Waals surface area contributed by atoms with E-state index in [1.807, 2.05) is 13.0 Å². The van der Waals surface area contributed by atoms with Crippen LogP contribution in [0.15, 0.2) is 30.3 Å². The molecule has 0 atom stereocenters. The van der Waals surface area contributed by atoms with Crippen molar-refractivity contribution in [2.24, 2.45) is 5.73 Å². The molecule has 0 radical (unpaired) electrons. The van der Waals surface area contributed by atoms with Crippen LogP contribution in [0.4, 0.5) is 4.39 Å². The molecule has 0 bridgehead atoms. The summed E-state index contributed by atoms with van der Waals surface area (Å²) in [7, 11) is 1.24. The van der Waals surface area contributed by atoms with E-state index < -0.39 is 11.8 Å². The van der Waals surface area contributed by atoms with E-state index in [4.69, 9.17) is 10.7 Å². The Balaban J connectivity index is 2.07. The van der Waals surface area contributed by atoms with E-state index in [0.717, 1.165) is 46.4 Å². The van der Waals surface area contributed by atoms with Crippen molar-refractivity contribution in [2.75, 3.05) is 7.11 Å². The van der Waals surface area contributed by atoms with Crippen molar-refractivity contribution >= 4 is 17.0 Å². The van der Waals surface area contributed by atoms with Gasteiger partial charge < -0.3 is 15.0 Å². The van der Waals surface area contributed by atoms with Crippen molar-refractivity contribution in [1.29, 1.82) is 0 Å². The maximum absolute atomic E-state index is 14.3. The zero-order valence-electron chi connectivity index (χ0n) is 15.9. The van der Waals surface area contributed by atoms with Gasteiger partial charge in [-0.3, -0.25) is 0 Å². The number of esters is 1. The van der Waals surface area contributed by atoms with Crippen molar-refractivity contribution in [3.8, 4) is 0 Å². The molecule has 27 heavy (non-hydrogen) atoms. The van der Waals surface area contributed by atoms with Crippen LogP contribution in [0.3, 0.4) is 0 Å². The van der Waals surface area contributed by atoms with Gasteiger partial charge in [0, 0.05) is 19.5 Å². The van der Waals surface area contributed by atoms with Crippen LogP contribution in [0.25, 0.3) is 11.0 Å². The highest BCUT2D eigenvalue weighted by atomic mass is 19.1. The van der Waals surface area contributed by atoms with Gasteiger partial charge in [-0.2, -0.15) is 0 Å². The molecule has 0 saturated carbocycles. The summed E-state index contributed by atoms with van der Waals surface area (Å²) >= 11 is 0. The number of carbonyl (C=O) groups is 1. The van der Waals surface area contributed by atoms with Crippen LogP contribution in [0.2, 0.25) is 0 Å². The van der Waals surface area contributed by atoms with Crippen molar-refractivity contribution in [3.05, 3.63) is 64.2 Å². The lowest BCUT2D eigenvalue weighted by Crippen LogP contribution is -2.08. The second-order valence-corrected chi connectivity index (χ2v) is 6.65. The molecule has 0 unspecified atom stereocenters. The van der Waals surface area contributed by atoms with Crippen LogP contribution >= 0.6 is 0 Å². The Kier molecular flexibility index (Phi) is 5.56. The van der Waals surface area contributed by atoms with E-state index in [2.05, 4.69) is 22.3 Å². The first-order valence-corrected chi connectivity index (χ1v) is 9.03. The lowest BCUT2D eigenvalue weighted by atomic mass is 10.1. The first-order valence-electron chi connectivity index (χ1n) is 9.03. The molecule has 0 aliphatic heterocycles. The smallest absolute Gasteiger partial charge is 0.340 e. The molecule has 2 aromatic carbocycles. The number of fused-ring (bicyclic) bond motifs is 1. The monoisotopic (exact) mass is 369 g/mol. The summed E-state index contributed by atoms with van der Waals surface area (Å²) in [5, 5.41) is 0. The number of carbonyl (C=O) groups excluding carboxylic acids is 1. The molecule has 6 heteroatoms. The van der Waals surface area contributed by atoms with E-state index in [1.54, 1.807) is 6.07 Å². The van der Waals surface area contributed by atoms with Gasteiger partial charge in [0.25, 0.3) is 0 Å². The number of nitrogens with two attached hydrogens (primary N) is 1. The number of hydrogen-bond donors (Lipinski definition) is 1. The summed E-state index contributed by atoms with van der Waals surface area (Å²) < 4.78 is 21.0. The van der Waals surface area contributed by atoms with E-state index in [-0.39, 0.29) is 5.56 Å². The second kappa shape index (κ2) is 7.88. The first kappa shape index (κ1) is 19.0. The third-order valence-corrected chi connectivity index (χ3v) is 4.67. The van der Waals surface area contributed by atoms with Crippen LogP contribution in [0, 0.1) is 12.7 Å². The molecule has 1 aromatic heterocycles. The van der Waals surface area contributed by atoms with Crippen molar-refractivity contribution in [1.82, 2.24) is 9.55 Å². The molecule has 142 valence electrons. The predicted molar refractivity (Wildman–Crippen MR) is 103 cm³/mol. The number of aromatic nitrogens is 2. The molecular weight excluding hydrogens is 345 g/mol. The van der Waals surface area contributed by atoms with Crippen LogP contribution in [-0.4, -0.2) is 22.6 Å². The second-order valence-electron chi connectivity index (χ2n) is 6.65. The Hall–Kier alpha value is -2.73. The molecule has 5 nitrogen and oxygen atoms in total. The van der Waals surface area contributed by atoms with Crippen LogP contribution in [0.5, 0.6) is 0 Å². The third-order valence-electron chi connectivity index (χ3n) is 4.67. The molecule has 0 aliphatic rings. The summed E-state index contributed by atoms with van der Waals surface area (Å²) in [5.41, 5.74) is 10.6. The number of benzene rings is 2. The van der Waals surface area contributed by atoms with Gasteiger partial charge in [-0.05, 0) is 48.2 Å². The van der Waals surface area contributed by atoms with Crippen molar-refractivity contribution in [3.63, 3.8) is 0 Å². The van der Waals surface area contributed by atoms with E-state index in [1.165, 1.54) is 19.2 Å². The number of aryl methyl sites for hydroxylation is 2. The number of rotatable bonds is 6. The normalized spacial score (nSPS) is 11.1. The van der Waals surface area contributed by atoms with Gasteiger partial charge >= 0.3 is 5.97 Å². The van der Waals surface area contributed by atoms with Gasteiger partial charge in [0.15, 0.2) is 0 Å². The van der Waals surface area contributed by atoms with Gasteiger partial charge in [0.1, 0.15) is 11.6 Å². The maximum Gasteiger partial charge on any atom is 0.340 e. The molecule has 0 amide bonds. The maximum atomic E-state index is 14.3. The van der Waals surface area contributed by atoms with Gasteiger partial charge in [0.2, 0.25) is 0 Å². The summed E-state index contributed by atoms with van der Waals surface area (Å²) in [6, 6.07) is 8.70. The molecule has 2 N–H and O–H groups in total. The fourth-order valence-electron chi connectivity index (χ4n) is 3.34. The third kappa shape index (κ3) is 3.71. The van der Waals surface area contributed by atoms with Crippen LogP contribution < -0.4 is 5.73 Å². The first-order chi connectivity index (χ1) is 13.0.